The van der Waals surface area contributed by atoms with Crippen LogP contribution < -0.4 is 19.1 Å². The zero-order valence-corrected chi connectivity index (χ0v) is 19.6. The number of pyridine rings is 1. The highest BCUT2D eigenvalue weighted by Crippen LogP contribution is 2.41. The number of ether oxygens (including phenoxy) is 2. The normalized spacial score (nSPS) is 18.0. The van der Waals surface area contributed by atoms with Gasteiger partial charge in [0.25, 0.3) is 5.91 Å². The Kier molecular flexibility index (Phi) is 5.59. The molecule has 2 aliphatic rings. The Morgan fingerprint density at radius 2 is 2.03 bits per heavy atom. The molecule has 2 aromatic heterocycles. The highest BCUT2D eigenvalue weighted by Gasteiger charge is 2.30. The Bertz CT molecular complexity index is 1370. The van der Waals surface area contributed by atoms with Gasteiger partial charge in [0.05, 0.1) is 28.6 Å². The summed E-state index contributed by atoms with van der Waals surface area (Å²) in [6.45, 7) is 4.43. The summed E-state index contributed by atoms with van der Waals surface area (Å²) in [5.41, 5.74) is 2.25. The number of nitrogens with zero attached hydrogens (tertiary/aromatic N) is 3. The third-order valence-corrected chi connectivity index (χ3v) is 7.90. The van der Waals surface area contributed by atoms with Gasteiger partial charge in [-0.25, -0.2) is 22.0 Å². The van der Waals surface area contributed by atoms with Gasteiger partial charge in [0, 0.05) is 18.4 Å². The van der Waals surface area contributed by atoms with Crippen molar-refractivity contribution in [2.24, 2.45) is 0 Å². The van der Waals surface area contributed by atoms with Crippen molar-refractivity contribution < 1.29 is 27.1 Å². The molecule has 1 fully saturated rings. The summed E-state index contributed by atoms with van der Waals surface area (Å²) in [7, 11) is -3.78. The molecular weight excluding hydrogens is 463 g/mol. The van der Waals surface area contributed by atoms with Gasteiger partial charge >= 0.3 is 0 Å². The number of hydrogen-bond donors (Lipinski definition) is 1. The van der Waals surface area contributed by atoms with Crippen LogP contribution in [-0.2, 0) is 10.0 Å². The summed E-state index contributed by atoms with van der Waals surface area (Å²) in [4.78, 5) is 14.9. The van der Waals surface area contributed by atoms with Crippen molar-refractivity contribution in [3.63, 3.8) is 0 Å². The average Bonchev–Trinajstić information content (AvgIpc) is 3.45. The second-order valence-electron chi connectivity index (χ2n) is 8.68. The Labute approximate surface area is 196 Å². The summed E-state index contributed by atoms with van der Waals surface area (Å²) in [6, 6.07) is 6.90. The molecule has 1 N–H and O–H groups in total. The second-order valence-corrected chi connectivity index (χ2v) is 10.9. The summed E-state index contributed by atoms with van der Waals surface area (Å²) in [5, 5.41) is 3.44. The van der Waals surface area contributed by atoms with E-state index in [2.05, 4.69) is 14.7 Å². The fraction of sp³-hybridized carbons (Fsp3) is 0.391. The van der Waals surface area contributed by atoms with E-state index in [1.807, 2.05) is 12.1 Å². The van der Waals surface area contributed by atoms with Gasteiger partial charge in [0.15, 0.2) is 17.3 Å². The molecule has 1 unspecified atom stereocenters. The lowest BCUT2D eigenvalue weighted by Gasteiger charge is -2.28. The van der Waals surface area contributed by atoms with Crippen LogP contribution in [0.5, 0.6) is 11.5 Å². The van der Waals surface area contributed by atoms with Gasteiger partial charge in [0.1, 0.15) is 13.2 Å². The Morgan fingerprint density at radius 3 is 2.82 bits per heavy atom. The molecule has 5 rings (SSSR count). The van der Waals surface area contributed by atoms with Crippen LogP contribution in [0, 0.1) is 5.82 Å². The molecule has 4 heterocycles. The van der Waals surface area contributed by atoms with E-state index >= 15 is 0 Å². The molecule has 0 spiro atoms. The van der Waals surface area contributed by atoms with E-state index in [4.69, 9.17) is 9.47 Å². The first-order valence-corrected chi connectivity index (χ1v) is 12.7. The highest BCUT2D eigenvalue weighted by molar-refractivity contribution is 7.90. The fourth-order valence-corrected chi connectivity index (χ4v) is 4.97. The van der Waals surface area contributed by atoms with Gasteiger partial charge in [-0.3, -0.25) is 4.79 Å². The minimum Gasteiger partial charge on any atom is -0.486 e. The molecule has 1 saturated heterocycles. The van der Waals surface area contributed by atoms with Crippen molar-refractivity contribution in [2.75, 3.05) is 24.7 Å². The molecule has 2 aliphatic heterocycles. The second kappa shape index (κ2) is 8.46. The lowest BCUT2D eigenvalue weighted by molar-refractivity contribution is 0.0982. The lowest BCUT2D eigenvalue weighted by Crippen LogP contribution is -2.35. The largest absolute Gasteiger partial charge is 0.486 e. The SMILES string of the molecule is CC(C)S(=O)(=O)NC(=O)c1cnn2ccc(N3CCCC3c3cc(F)c4c(c3)OCCO4)cc12. The highest BCUT2D eigenvalue weighted by atomic mass is 32.2. The molecule has 1 aromatic carbocycles. The summed E-state index contributed by atoms with van der Waals surface area (Å²) in [5.74, 6) is -0.625. The Balaban J connectivity index is 1.48. The molecule has 0 bridgehead atoms. The quantitative estimate of drug-likeness (QED) is 0.589. The topological polar surface area (TPSA) is 102 Å². The number of rotatable bonds is 5. The number of carbonyl (C=O) groups is 1. The molecule has 11 heteroatoms. The lowest BCUT2D eigenvalue weighted by atomic mass is 10.0. The molecule has 180 valence electrons. The third-order valence-electron chi connectivity index (χ3n) is 6.19. The van der Waals surface area contributed by atoms with Crippen LogP contribution >= 0.6 is 0 Å². The van der Waals surface area contributed by atoms with E-state index in [0.29, 0.717) is 24.5 Å². The van der Waals surface area contributed by atoms with Crippen molar-refractivity contribution in [2.45, 2.75) is 38.0 Å². The van der Waals surface area contributed by atoms with E-state index in [1.54, 1.807) is 12.3 Å². The number of fused-ring (bicyclic) bond motifs is 2. The van der Waals surface area contributed by atoms with Crippen LogP contribution in [0.2, 0.25) is 0 Å². The van der Waals surface area contributed by atoms with Crippen LogP contribution in [0.3, 0.4) is 0 Å². The van der Waals surface area contributed by atoms with Crippen LogP contribution in [-0.4, -0.2) is 48.9 Å². The maximum absolute atomic E-state index is 14.7. The minimum atomic E-state index is -3.78. The van der Waals surface area contributed by atoms with Crippen LogP contribution in [0.4, 0.5) is 10.1 Å². The Hall–Kier alpha value is -3.34. The molecular formula is C23H25FN4O5S. The van der Waals surface area contributed by atoms with Gasteiger partial charge in [0.2, 0.25) is 10.0 Å². The molecule has 9 nitrogen and oxygen atoms in total. The number of benzene rings is 1. The number of carbonyl (C=O) groups excluding carboxylic acids is 1. The predicted molar refractivity (Wildman–Crippen MR) is 123 cm³/mol. The minimum absolute atomic E-state index is 0.0886. The summed E-state index contributed by atoms with van der Waals surface area (Å²) >= 11 is 0. The van der Waals surface area contributed by atoms with E-state index in [0.717, 1.165) is 30.6 Å². The van der Waals surface area contributed by atoms with Crippen molar-refractivity contribution in [1.82, 2.24) is 14.3 Å². The summed E-state index contributed by atoms with van der Waals surface area (Å²) < 4.78 is 53.6. The third kappa shape index (κ3) is 3.93. The monoisotopic (exact) mass is 488 g/mol. The smallest absolute Gasteiger partial charge is 0.268 e. The number of nitrogens with one attached hydrogen (secondary N) is 1. The fourth-order valence-electron chi connectivity index (χ4n) is 4.37. The average molecular weight is 489 g/mol. The number of sulfonamides is 1. The van der Waals surface area contributed by atoms with Crippen LogP contribution in [0.1, 0.15) is 48.7 Å². The van der Waals surface area contributed by atoms with Crippen LogP contribution in [0.15, 0.2) is 36.7 Å². The predicted octanol–water partition coefficient (Wildman–Crippen LogP) is 3.05. The number of anilines is 1. The number of amides is 1. The molecule has 0 aliphatic carbocycles. The first kappa shape index (κ1) is 22.5. The first-order chi connectivity index (χ1) is 16.2. The number of hydrogen-bond acceptors (Lipinski definition) is 7. The van der Waals surface area contributed by atoms with E-state index in [1.165, 1.54) is 30.6 Å². The van der Waals surface area contributed by atoms with Crippen molar-refractivity contribution in [3.05, 3.63) is 53.6 Å². The van der Waals surface area contributed by atoms with Gasteiger partial charge < -0.3 is 14.4 Å². The Morgan fingerprint density at radius 1 is 1.24 bits per heavy atom. The first-order valence-electron chi connectivity index (χ1n) is 11.1. The molecule has 34 heavy (non-hydrogen) atoms. The number of halogens is 1. The molecule has 1 amide bonds. The maximum Gasteiger partial charge on any atom is 0.268 e. The van der Waals surface area contributed by atoms with Gasteiger partial charge in [-0.1, -0.05) is 0 Å². The van der Waals surface area contributed by atoms with Gasteiger partial charge in [-0.2, -0.15) is 5.10 Å². The van der Waals surface area contributed by atoms with Crippen molar-refractivity contribution in [1.29, 1.82) is 0 Å². The molecule has 0 radical (unpaired) electrons. The zero-order valence-electron chi connectivity index (χ0n) is 18.8. The summed E-state index contributed by atoms with van der Waals surface area (Å²) in [6.07, 6.45) is 4.80. The van der Waals surface area contributed by atoms with E-state index < -0.39 is 27.0 Å². The van der Waals surface area contributed by atoms with Gasteiger partial charge in [-0.15, -0.1) is 0 Å². The van der Waals surface area contributed by atoms with Crippen molar-refractivity contribution >= 4 is 27.1 Å². The van der Waals surface area contributed by atoms with Gasteiger partial charge in [-0.05, 0) is 56.5 Å². The molecule has 1 atom stereocenters. The van der Waals surface area contributed by atoms with E-state index in [-0.39, 0.29) is 17.4 Å². The standard InChI is InChI=1S/C23H25FN4O5S/c1-14(2)34(30,31)26-23(29)17-13-25-28-7-5-16(12-20(17)28)27-6-3-4-19(27)15-10-18(24)22-21(11-15)32-8-9-33-22/h5,7,10-14,19H,3-4,6,8-9H2,1-2H3,(H,26,29). The van der Waals surface area contributed by atoms with E-state index in [9.17, 15) is 17.6 Å². The maximum atomic E-state index is 14.7. The van der Waals surface area contributed by atoms with Crippen LogP contribution in [0.25, 0.3) is 5.52 Å². The number of aromatic nitrogens is 2. The molecule has 0 saturated carbocycles. The molecule has 3 aromatic rings. The zero-order chi connectivity index (χ0) is 24.0. The van der Waals surface area contributed by atoms with Crippen molar-refractivity contribution in [3.8, 4) is 11.5 Å².